The maximum Gasteiger partial charge on any atom is 0.240 e. The van der Waals surface area contributed by atoms with Gasteiger partial charge in [-0.2, -0.15) is 5.26 Å². The van der Waals surface area contributed by atoms with Crippen LogP contribution in [0.1, 0.15) is 24.9 Å². The van der Waals surface area contributed by atoms with E-state index in [-0.39, 0.29) is 25.3 Å². The number of nitrogens with zero attached hydrogens (tertiary/aromatic N) is 3. The van der Waals surface area contributed by atoms with E-state index in [1.54, 1.807) is 14.2 Å². The lowest BCUT2D eigenvalue weighted by Gasteiger charge is -2.31. The number of hydrogen-bond donors (Lipinski definition) is 0. The summed E-state index contributed by atoms with van der Waals surface area (Å²) in [7, 11) is 4.95. The van der Waals surface area contributed by atoms with Crippen molar-refractivity contribution in [3.8, 4) is 23.3 Å². The number of methoxy groups -OCH3 is 1. The Kier molecular flexibility index (Phi) is 4.98. The fourth-order valence-corrected chi connectivity index (χ4v) is 4.02. The molecule has 1 saturated heterocycles. The zero-order valence-electron chi connectivity index (χ0n) is 15.9. The van der Waals surface area contributed by atoms with E-state index in [2.05, 4.69) is 6.07 Å². The van der Waals surface area contributed by atoms with Gasteiger partial charge < -0.3 is 23.9 Å². The van der Waals surface area contributed by atoms with Gasteiger partial charge in [-0.3, -0.25) is 9.69 Å². The van der Waals surface area contributed by atoms with E-state index in [1.165, 1.54) is 4.90 Å². The van der Waals surface area contributed by atoms with E-state index >= 15 is 0 Å². The van der Waals surface area contributed by atoms with E-state index in [1.807, 2.05) is 31.0 Å². The zero-order valence-corrected chi connectivity index (χ0v) is 15.9. The molecule has 144 valence electrons. The van der Waals surface area contributed by atoms with Gasteiger partial charge in [-0.05, 0) is 38.1 Å². The molecule has 1 fully saturated rings. The molecule has 0 spiro atoms. The number of ether oxygens (including phenoxy) is 3. The molecule has 1 amide bonds. The Labute approximate surface area is 158 Å². The third-order valence-corrected chi connectivity index (χ3v) is 5.38. The number of likely N-dealkylation sites (tertiary alicyclic amines) is 1. The van der Waals surface area contributed by atoms with Crippen LogP contribution in [0, 0.1) is 16.7 Å². The normalized spacial score (nSPS) is 26.5. The molecule has 3 atom stereocenters. The molecule has 2 unspecified atom stereocenters. The smallest absolute Gasteiger partial charge is 0.240 e. The van der Waals surface area contributed by atoms with Crippen molar-refractivity contribution in [2.45, 2.75) is 25.4 Å². The first-order valence-corrected chi connectivity index (χ1v) is 8.65. The summed E-state index contributed by atoms with van der Waals surface area (Å²) in [6, 6.07) is 5.21. The molecule has 0 aromatic heterocycles. The highest BCUT2D eigenvalue weighted by Crippen LogP contribution is 2.52. The van der Waals surface area contributed by atoms with Gasteiger partial charge in [0.05, 0.1) is 37.2 Å². The second-order valence-electron chi connectivity index (χ2n) is 7.16. The van der Waals surface area contributed by atoms with Gasteiger partial charge in [-0.15, -0.1) is 0 Å². The number of carbonyl (C=O) groups excluding carboxylic acids is 2. The van der Waals surface area contributed by atoms with Crippen LogP contribution in [0.5, 0.6) is 17.2 Å². The predicted molar refractivity (Wildman–Crippen MR) is 95.4 cm³/mol. The largest absolute Gasteiger partial charge is 0.493 e. The Bertz CT molecular complexity index is 805. The Morgan fingerprint density at radius 1 is 1.52 bits per heavy atom. The molecule has 2 aliphatic heterocycles. The van der Waals surface area contributed by atoms with Crippen LogP contribution in [-0.4, -0.2) is 62.6 Å². The molecule has 2 aliphatic rings. The van der Waals surface area contributed by atoms with Crippen LogP contribution in [0.3, 0.4) is 0 Å². The third kappa shape index (κ3) is 3.08. The van der Waals surface area contributed by atoms with Crippen molar-refractivity contribution in [3.05, 3.63) is 17.7 Å². The van der Waals surface area contributed by atoms with Gasteiger partial charge in [0.25, 0.3) is 0 Å². The minimum Gasteiger partial charge on any atom is -0.493 e. The van der Waals surface area contributed by atoms with Gasteiger partial charge in [0.1, 0.15) is 6.29 Å². The topological polar surface area (TPSA) is 92.1 Å². The minimum atomic E-state index is -0.796. The summed E-state index contributed by atoms with van der Waals surface area (Å²) in [6.45, 7) is 1.98. The van der Waals surface area contributed by atoms with Crippen LogP contribution >= 0.6 is 0 Å². The van der Waals surface area contributed by atoms with Gasteiger partial charge in [0.15, 0.2) is 11.5 Å². The molecule has 0 aliphatic carbocycles. The zero-order chi connectivity index (χ0) is 19.8. The quantitative estimate of drug-likeness (QED) is 0.720. The average Bonchev–Trinajstić information content (AvgIpc) is 3.23. The number of fused-ring (bicyclic) bond motifs is 1. The van der Waals surface area contributed by atoms with Gasteiger partial charge in [0.2, 0.25) is 18.4 Å². The van der Waals surface area contributed by atoms with E-state index < -0.39 is 11.5 Å². The maximum atomic E-state index is 12.8. The van der Waals surface area contributed by atoms with Crippen molar-refractivity contribution < 1.29 is 23.8 Å². The Morgan fingerprint density at radius 3 is 2.89 bits per heavy atom. The molecule has 8 nitrogen and oxygen atoms in total. The van der Waals surface area contributed by atoms with E-state index in [0.29, 0.717) is 30.0 Å². The minimum absolute atomic E-state index is 0.0228. The highest BCUT2D eigenvalue weighted by atomic mass is 16.7. The molecule has 0 radical (unpaired) electrons. The molecule has 1 aromatic carbocycles. The van der Waals surface area contributed by atoms with Crippen LogP contribution in [0.2, 0.25) is 0 Å². The van der Waals surface area contributed by atoms with Crippen molar-refractivity contribution in [1.29, 1.82) is 5.26 Å². The number of benzene rings is 1. The van der Waals surface area contributed by atoms with Crippen molar-refractivity contribution in [3.63, 3.8) is 0 Å². The van der Waals surface area contributed by atoms with Crippen LogP contribution < -0.4 is 14.2 Å². The van der Waals surface area contributed by atoms with Gasteiger partial charge in [-0.1, -0.05) is 0 Å². The summed E-state index contributed by atoms with van der Waals surface area (Å²) < 4.78 is 16.4. The Balaban J connectivity index is 2.00. The molecular formula is C19H23N3O5. The van der Waals surface area contributed by atoms with Crippen LogP contribution in [0.25, 0.3) is 0 Å². The molecule has 8 heteroatoms. The van der Waals surface area contributed by atoms with Gasteiger partial charge in [0, 0.05) is 7.05 Å². The van der Waals surface area contributed by atoms with Gasteiger partial charge >= 0.3 is 0 Å². The molecule has 3 rings (SSSR count). The van der Waals surface area contributed by atoms with Crippen molar-refractivity contribution >= 4 is 12.2 Å². The number of rotatable bonds is 5. The fourth-order valence-electron chi connectivity index (χ4n) is 4.02. The first-order valence-electron chi connectivity index (χ1n) is 8.65. The monoisotopic (exact) mass is 373 g/mol. The first kappa shape index (κ1) is 19.0. The van der Waals surface area contributed by atoms with Crippen LogP contribution in [0.15, 0.2) is 12.1 Å². The molecule has 27 heavy (non-hydrogen) atoms. The highest BCUT2D eigenvalue weighted by molar-refractivity contribution is 5.84. The number of nitriles is 1. The lowest BCUT2D eigenvalue weighted by Crippen LogP contribution is -2.43. The predicted octanol–water partition coefficient (Wildman–Crippen LogP) is 1.36. The van der Waals surface area contributed by atoms with Crippen LogP contribution in [-0.2, 0) is 9.59 Å². The summed E-state index contributed by atoms with van der Waals surface area (Å²) in [5.74, 6) is 1.45. The summed E-state index contributed by atoms with van der Waals surface area (Å²) in [6.07, 6.45) is 1.06. The summed E-state index contributed by atoms with van der Waals surface area (Å²) in [5.41, 5.74) is 0.0199. The van der Waals surface area contributed by atoms with Crippen molar-refractivity contribution in [1.82, 2.24) is 9.80 Å². The van der Waals surface area contributed by atoms with Gasteiger partial charge in [-0.25, -0.2) is 0 Å². The lowest BCUT2D eigenvalue weighted by molar-refractivity contribution is -0.136. The fraction of sp³-hybridized carbons (Fsp3) is 0.526. The molecule has 2 heterocycles. The molecule has 0 N–H and O–H groups in total. The SMILES string of the molecule is COc1cc(C2N(C)C(C(=O)N(C)CC=O)C[C@]2(C)C#N)cc2c1OCO2. The summed E-state index contributed by atoms with van der Waals surface area (Å²) in [5, 5.41) is 9.89. The third-order valence-electron chi connectivity index (χ3n) is 5.38. The van der Waals surface area contributed by atoms with Crippen molar-refractivity contribution in [2.75, 3.05) is 34.5 Å². The number of amides is 1. The Hall–Kier alpha value is -2.79. The maximum absolute atomic E-state index is 12.8. The standard InChI is InChI=1S/C19H23N3O5/c1-19(10-20)9-13(18(24)21(2)5-6-23)22(3)17(19)12-7-14(25-4)16-15(8-12)26-11-27-16/h6-8,13,17H,5,9,11H2,1-4H3/t13?,17?,19-/m1/s1. The van der Waals surface area contributed by atoms with Crippen LogP contribution in [0.4, 0.5) is 0 Å². The summed E-state index contributed by atoms with van der Waals surface area (Å²) >= 11 is 0. The molecular weight excluding hydrogens is 350 g/mol. The first-order chi connectivity index (χ1) is 12.9. The van der Waals surface area contributed by atoms with E-state index in [0.717, 1.165) is 5.56 Å². The number of aldehydes is 1. The summed E-state index contributed by atoms with van der Waals surface area (Å²) in [4.78, 5) is 26.8. The second-order valence-corrected chi connectivity index (χ2v) is 7.16. The molecule has 1 aromatic rings. The number of likely N-dealkylation sites (N-methyl/N-ethyl adjacent to an activating group) is 2. The van der Waals surface area contributed by atoms with E-state index in [4.69, 9.17) is 14.2 Å². The highest BCUT2D eigenvalue weighted by Gasteiger charge is 2.52. The number of hydrogen-bond acceptors (Lipinski definition) is 7. The Morgan fingerprint density at radius 2 is 2.26 bits per heavy atom. The average molecular weight is 373 g/mol. The lowest BCUT2D eigenvalue weighted by atomic mass is 9.79. The second kappa shape index (κ2) is 7.08. The number of carbonyl (C=O) groups is 2. The molecule has 0 saturated carbocycles. The van der Waals surface area contributed by atoms with Crippen molar-refractivity contribution in [2.24, 2.45) is 5.41 Å². The molecule has 0 bridgehead atoms. The van der Waals surface area contributed by atoms with E-state index in [9.17, 15) is 14.9 Å².